The first-order valence-electron chi connectivity index (χ1n) is 7.24. The van der Waals surface area contributed by atoms with Gasteiger partial charge in [-0.2, -0.15) is 0 Å². The standard InChI is InChI=1S/C15H17N7O/c1-11(9-13-10-21(2)20-18-13)17-15(23)12-3-5-14(6-4-12)22-8-7-16-19-22/h3-8,10-11H,9H2,1-2H3,(H,17,23)/t11-/m1/s1. The van der Waals surface area contributed by atoms with Crippen molar-refractivity contribution in [2.24, 2.45) is 7.05 Å². The van der Waals surface area contributed by atoms with Crippen molar-refractivity contribution in [1.29, 1.82) is 0 Å². The number of benzene rings is 1. The molecule has 2 aromatic heterocycles. The highest BCUT2D eigenvalue weighted by Crippen LogP contribution is 2.08. The van der Waals surface area contributed by atoms with Crippen LogP contribution in [0.2, 0.25) is 0 Å². The molecule has 1 aromatic carbocycles. The molecule has 8 nitrogen and oxygen atoms in total. The summed E-state index contributed by atoms with van der Waals surface area (Å²) in [6.45, 7) is 1.94. The molecule has 1 N–H and O–H groups in total. The lowest BCUT2D eigenvalue weighted by Crippen LogP contribution is -2.34. The van der Waals surface area contributed by atoms with Gasteiger partial charge in [-0.3, -0.25) is 9.48 Å². The number of nitrogens with zero attached hydrogens (tertiary/aromatic N) is 6. The maximum Gasteiger partial charge on any atom is 0.251 e. The predicted molar refractivity (Wildman–Crippen MR) is 83.0 cm³/mol. The molecular weight excluding hydrogens is 294 g/mol. The third-order valence-corrected chi connectivity index (χ3v) is 3.36. The molecule has 8 heteroatoms. The molecule has 0 saturated carbocycles. The lowest BCUT2D eigenvalue weighted by Gasteiger charge is -2.12. The van der Waals surface area contributed by atoms with E-state index >= 15 is 0 Å². The first kappa shape index (κ1) is 14.9. The minimum absolute atomic E-state index is 0.0332. The Hall–Kier alpha value is -3.03. The van der Waals surface area contributed by atoms with Gasteiger partial charge in [0, 0.05) is 31.3 Å². The fourth-order valence-corrected chi connectivity index (χ4v) is 2.27. The minimum atomic E-state index is -0.119. The summed E-state index contributed by atoms with van der Waals surface area (Å²) in [5, 5.41) is 18.5. The quantitative estimate of drug-likeness (QED) is 0.751. The van der Waals surface area contributed by atoms with E-state index in [9.17, 15) is 4.79 Å². The molecule has 0 saturated heterocycles. The highest BCUT2D eigenvalue weighted by atomic mass is 16.1. The molecule has 3 rings (SSSR count). The van der Waals surface area contributed by atoms with Crippen LogP contribution in [0.3, 0.4) is 0 Å². The number of amides is 1. The fraction of sp³-hybridized carbons (Fsp3) is 0.267. The van der Waals surface area contributed by atoms with Gasteiger partial charge in [-0.05, 0) is 31.2 Å². The van der Waals surface area contributed by atoms with Gasteiger partial charge in [-0.1, -0.05) is 10.4 Å². The normalized spacial score (nSPS) is 12.1. The number of hydrogen-bond donors (Lipinski definition) is 1. The van der Waals surface area contributed by atoms with Crippen molar-refractivity contribution in [2.45, 2.75) is 19.4 Å². The van der Waals surface area contributed by atoms with E-state index in [1.165, 1.54) is 0 Å². The maximum atomic E-state index is 12.3. The van der Waals surface area contributed by atoms with E-state index in [0.717, 1.165) is 11.4 Å². The summed E-state index contributed by atoms with van der Waals surface area (Å²) in [5.74, 6) is -0.119. The van der Waals surface area contributed by atoms with Crippen molar-refractivity contribution in [3.8, 4) is 5.69 Å². The molecule has 0 aliphatic heterocycles. The minimum Gasteiger partial charge on any atom is -0.349 e. The maximum absolute atomic E-state index is 12.3. The zero-order valence-electron chi connectivity index (χ0n) is 12.9. The summed E-state index contributed by atoms with van der Waals surface area (Å²) in [6, 6.07) is 7.16. The molecule has 3 aromatic rings. The van der Waals surface area contributed by atoms with Gasteiger partial charge in [0.05, 0.1) is 23.8 Å². The Morgan fingerprint density at radius 2 is 2.04 bits per heavy atom. The second kappa shape index (κ2) is 6.39. The molecule has 1 amide bonds. The molecule has 0 aliphatic carbocycles. The Bertz CT molecular complexity index is 777. The summed E-state index contributed by atoms with van der Waals surface area (Å²) < 4.78 is 3.28. The van der Waals surface area contributed by atoms with E-state index in [4.69, 9.17) is 0 Å². The number of carbonyl (C=O) groups excluding carboxylic acids is 1. The van der Waals surface area contributed by atoms with Crippen LogP contribution in [0.15, 0.2) is 42.9 Å². The van der Waals surface area contributed by atoms with Crippen LogP contribution in [-0.2, 0) is 13.5 Å². The van der Waals surface area contributed by atoms with Crippen molar-refractivity contribution in [2.75, 3.05) is 0 Å². The lowest BCUT2D eigenvalue weighted by atomic mass is 10.1. The summed E-state index contributed by atoms with van der Waals surface area (Å²) in [5.41, 5.74) is 2.30. The molecule has 118 valence electrons. The first-order chi connectivity index (χ1) is 11.1. The Labute approximate surface area is 133 Å². The van der Waals surface area contributed by atoms with Crippen molar-refractivity contribution in [1.82, 2.24) is 35.3 Å². The van der Waals surface area contributed by atoms with E-state index in [1.54, 1.807) is 33.9 Å². The fourth-order valence-electron chi connectivity index (χ4n) is 2.27. The molecule has 2 heterocycles. The molecule has 0 bridgehead atoms. The van der Waals surface area contributed by atoms with Crippen LogP contribution >= 0.6 is 0 Å². The van der Waals surface area contributed by atoms with Crippen LogP contribution in [0.5, 0.6) is 0 Å². The number of carbonyl (C=O) groups is 1. The van der Waals surface area contributed by atoms with E-state index in [2.05, 4.69) is 25.9 Å². The number of nitrogens with one attached hydrogen (secondary N) is 1. The topological polar surface area (TPSA) is 90.5 Å². The Balaban J connectivity index is 1.61. The van der Waals surface area contributed by atoms with Gasteiger partial charge in [0.25, 0.3) is 5.91 Å². The summed E-state index contributed by atoms with van der Waals surface area (Å²) in [7, 11) is 1.82. The molecule has 1 atom stereocenters. The smallest absolute Gasteiger partial charge is 0.251 e. The van der Waals surface area contributed by atoms with Gasteiger partial charge in [-0.25, -0.2) is 4.68 Å². The van der Waals surface area contributed by atoms with E-state index in [1.807, 2.05) is 32.3 Å². The summed E-state index contributed by atoms with van der Waals surface area (Å²) >= 11 is 0. The van der Waals surface area contributed by atoms with Crippen molar-refractivity contribution >= 4 is 5.91 Å². The largest absolute Gasteiger partial charge is 0.349 e. The average molecular weight is 311 g/mol. The van der Waals surface area contributed by atoms with Crippen LogP contribution in [0.4, 0.5) is 0 Å². The number of aromatic nitrogens is 6. The lowest BCUT2D eigenvalue weighted by molar-refractivity contribution is 0.0940. The van der Waals surface area contributed by atoms with Gasteiger partial charge in [-0.15, -0.1) is 10.2 Å². The van der Waals surface area contributed by atoms with Crippen LogP contribution < -0.4 is 5.32 Å². The number of aryl methyl sites for hydroxylation is 1. The zero-order chi connectivity index (χ0) is 16.2. The molecule has 0 spiro atoms. The summed E-state index contributed by atoms with van der Waals surface area (Å²) in [4.78, 5) is 12.3. The molecule has 0 aliphatic rings. The monoisotopic (exact) mass is 311 g/mol. The van der Waals surface area contributed by atoms with Crippen molar-refractivity contribution in [3.05, 3.63) is 54.1 Å². The van der Waals surface area contributed by atoms with E-state index in [0.29, 0.717) is 12.0 Å². The van der Waals surface area contributed by atoms with Gasteiger partial charge in [0.15, 0.2) is 0 Å². The highest BCUT2D eigenvalue weighted by molar-refractivity contribution is 5.94. The summed E-state index contributed by atoms with van der Waals surface area (Å²) in [6.07, 6.45) is 5.83. The van der Waals surface area contributed by atoms with Crippen LogP contribution in [0.25, 0.3) is 5.69 Å². The predicted octanol–water partition coefficient (Wildman–Crippen LogP) is 0.757. The molecule has 23 heavy (non-hydrogen) atoms. The second-order valence-corrected chi connectivity index (χ2v) is 5.36. The third-order valence-electron chi connectivity index (χ3n) is 3.36. The van der Waals surface area contributed by atoms with E-state index < -0.39 is 0 Å². The molecule has 0 unspecified atom stereocenters. The molecule has 0 radical (unpaired) electrons. The van der Waals surface area contributed by atoms with Crippen molar-refractivity contribution in [3.63, 3.8) is 0 Å². The number of rotatable bonds is 5. The number of hydrogen-bond acceptors (Lipinski definition) is 5. The van der Waals surface area contributed by atoms with Gasteiger partial charge in [0.2, 0.25) is 0 Å². The van der Waals surface area contributed by atoms with E-state index in [-0.39, 0.29) is 11.9 Å². The highest BCUT2D eigenvalue weighted by Gasteiger charge is 2.12. The Morgan fingerprint density at radius 1 is 1.26 bits per heavy atom. The van der Waals surface area contributed by atoms with Crippen LogP contribution in [0.1, 0.15) is 23.0 Å². The Morgan fingerprint density at radius 3 is 2.65 bits per heavy atom. The SMILES string of the molecule is C[C@H](Cc1cn(C)nn1)NC(=O)c1ccc(-n2ccnn2)cc1. The van der Waals surface area contributed by atoms with Gasteiger partial charge >= 0.3 is 0 Å². The molecular formula is C15H17N7O. The van der Waals surface area contributed by atoms with Crippen LogP contribution in [0, 0.1) is 0 Å². The first-order valence-corrected chi connectivity index (χ1v) is 7.24. The van der Waals surface area contributed by atoms with Gasteiger partial charge in [0.1, 0.15) is 0 Å². The zero-order valence-corrected chi connectivity index (χ0v) is 12.9. The Kier molecular flexibility index (Phi) is 4.13. The van der Waals surface area contributed by atoms with Crippen LogP contribution in [-0.4, -0.2) is 41.9 Å². The van der Waals surface area contributed by atoms with Gasteiger partial charge < -0.3 is 5.32 Å². The third kappa shape index (κ3) is 3.60. The average Bonchev–Trinajstić information content (AvgIpc) is 3.19. The molecule has 0 fully saturated rings. The van der Waals surface area contributed by atoms with Crippen molar-refractivity contribution < 1.29 is 4.79 Å². The second-order valence-electron chi connectivity index (χ2n) is 5.36.